The van der Waals surface area contributed by atoms with Gasteiger partial charge in [0.1, 0.15) is 0 Å². The van der Waals surface area contributed by atoms with Gasteiger partial charge < -0.3 is 15.0 Å². The molecule has 0 unspecified atom stereocenters. The summed E-state index contributed by atoms with van der Waals surface area (Å²) in [5.41, 5.74) is 1.89. The van der Waals surface area contributed by atoms with Crippen LogP contribution in [0.5, 0.6) is 0 Å². The number of rotatable bonds is 3. The van der Waals surface area contributed by atoms with Crippen LogP contribution >= 0.6 is 15.9 Å². The van der Waals surface area contributed by atoms with Gasteiger partial charge in [-0.1, -0.05) is 15.9 Å². The lowest BCUT2D eigenvalue weighted by Gasteiger charge is -2.30. The van der Waals surface area contributed by atoms with Crippen LogP contribution in [-0.2, 0) is 9.53 Å². The molecule has 0 saturated carbocycles. The number of benzene rings is 1. The molecule has 0 radical (unpaired) electrons. The van der Waals surface area contributed by atoms with E-state index in [0.29, 0.717) is 19.7 Å². The number of amides is 1. The van der Waals surface area contributed by atoms with Gasteiger partial charge in [-0.15, -0.1) is 0 Å². The van der Waals surface area contributed by atoms with E-state index in [9.17, 15) is 4.79 Å². The zero-order valence-electron chi connectivity index (χ0n) is 9.00. The molecule has 2 rings (SSSR count). The molecule has 1 aromatic carbocycles. The maximum absolute atomic E-state index is 11.8. The summed E-state index contributed by atoms with van der Waals surface area (Å²) in [5, 5.41) is 3.09. The number of nitrogens with one attached hydrogen (secondary N) is 1. The van der Waals surface area contributed by atoms with Crippen molar-refractivity contribution in [3.05, 3.63) is 22.7 Å². The maximum Gasteiger partial charge on any atom is 0.246 e. The number of carbonyl (C=O) groups excluding carboxylic acids is 1. The summed E-state index contributed by atoms with van der Waals surface area (Å²) in [7, 11) is 1.63. The van der Waals surface area contributed by atoms with E-state index >= 15 is 0 Å². The minimum absolute atomic E-state index is 0.0719. The van der Waals surface area contributed by atoms with Crippen molar-refractivity contribution in [2.45, 2.75) is 0 Å². The molecule has 1 heterocycles. The summed E-state index contributed by atoms with van der Waals surface area (Å²) in [4.78, 5) is 13.5. The number of hydrogen-bond donors (Lipinski definition) is 1. The third kappa shape index (κ3) is 2.20. The van der Waals surface area contributed by atoms with Crippen molar-refractivity contribution < 1.29 is 9.53 Å². The van der Waals surface area contributed by atoms with E-state index in [-0.39, 0.29) is 5.91 Å². The fourth-order valence-electron chi connectivity index (χ4n) is 1.71. The van der Waals surface area contributed by atoms with Crippen molar-refractivity contribution in [1.29, 1.82) is 0 Å². The van der Waals surface area contributed by atoms with Crippen molar-refractivity contribution in [2.24, 2.45) is 0 Å². The van der Waals surface area contributed by atoms with Crippen LogP contribution in [0.4, 0.5) is 11.4 Å². The second-order valence-electron chi connectivity index (χ2n) is 3.55. The number of anilines is 2. The van der Waals surface area contributed by atoms with Gasteiger partial charge in [-0.05, 0) is 18.2 Å². The molecule has 4 nitrogen and oxygen atoms in total. The Morgan fingerprint density at radius 3 is 3.12 bits per heavy atom. The summed E-state index contributed by atoms with van der Waals surface area (Å²) in [6.45, 7) is 1.47. The fourth-order valence-corrected chi connectivity index (χ4v) is 2.05. The van der Waals surface area contributed by atoms with E-state index in [2.05, 4.69) is 21.2 Å². The molecule has 1 aliphatic rings. The maximum atomic E-state index is 11.8. The van der Waals surface area contributed by atoms with Crippen LogP contribution < -0.4 is 10.2 Å². The normalized spacial score (nSPS) is 14.6. The fraction of sp³-hybridized carbons (Fsp3) is 0.364. The number of hydrogen-bond acceptors (Lipinski definition) is 3. The van der Waals surface area contributed by atoms with E-state index in [1.165, 1.54) is 0 Å². The third-order valence-electron chi connectivity index (χ3n) is 2.50. The first-order chi connectivity index (χ1) is 7.72. The Balaban J connectivity index is 2.31. The highest BCUT2D eigenvalue weighted by Gasteiger charge is 2.23. The SMILES string of the molecule is COCCN1C(=O)CNc2ccc(Br)cc21. The number of ether oxygens (including phenoxy) is 1. The van der Waals surface area contributed by atoms with Gasteiger partial charge in [-0.2, -0.15) is 0 Å². The average Bonchev–Trinajstić information content (AvgIpc) is 2.28. The number of fused-ring (bicyclic) bond motifs is 1. The molecule has 0 spiro atoms. The van der Waals surface area contributed by atoms with Gasteiger partial charge in [-0.3, -0.25) is 4.79 Å². The van der Waals surface area contributed by atoms with Crippen molar-refractivity contribution >= 4 is 33.2 Å². The zero-order chi connectivity index (χ0) is 11.5. The standard InChI is InChI=1S/C11H13BrN2O2/c1-16-5-4-14-10-6-8(12)2-3-9(10)13-7-11(14)15/h2-3,6,13H,4-5,7H2,1H3. The number of halogens is 1. The smallest absolute Gasteiger partial charge is 0.246 e. The van der Waals surface area contributed by atoms with Crippen LogP contribution in [0.15, 0.2) is 22.7 Å². The molecule has 86 valence electrons. The van der Waals surface area contributed by atoms with Gasteiger partial charge in [-0.25, -0.2) is 0 Å². The van der Waals surface area contributed by atoms with Crippen LogP contribution in [0.25, 0.3) is 0 Å². The van der Waals surface area contributed by atoms with Crippen molar-refractivity contribution in [2.75, 3.05) is 37.0 Å². The quantitative estimate of drug-likeness (QED) is 0.921. The molecule has 1 amide bonds. The van der Waals surface area contributed by atoms with Crippen molar-refractivity contribution in [3.8, 4) is 0 Å². The summed E-state index contributed by atoms with van der Waals surface area (Å²) in [5.74, 6) is 0.0719. The molecular formula is C11H13BrN2O2. The molecule has 0 aliphatic carbocycles. The first-order valence-corrected chi connectivity index (χ1v) is 5.84. The highest BCUT2D eigenvalue weighted by molar-refractivity contribution is 9.10. The number of carbonyl (C=O) groups is 1. The molecule has 16 heavy (non-hydrogen) atoms. The number of nitrogens with zero attached hydrogens (tertiary/aromatic N) is 1. The summed E-state index contributed by atoms with van der Waals surface area (Å²) in [6, 6.07) is 5.86. The minimum atomic E-state index is 0.0719. The number of methoxy groups -OCH3 is 1. The average molecular weight is 285 g/mol. The van der Waals surface area contributed by atoms with Crippen LogP contribution in [0.1, 0.15) is 0 Å². The molecule has 0 aromatic heterocycles. The van der Waals surface area contributed by atoms with Crippen LogP contribution in [-0.4, -0.2) is 32.7 Å². The molecule has 0 fully saturated rings. The van der Waals surface area contributed by atoms with Gasteiger partial charge in [0.15, 0.2) is 0 Å². The highest BCUT2D eigenvalue weighted by Crippen LogP contribution is 2.31. The first-order valence-electron chi connectivity index (χ1n) is 5.05. The Bertz CT molecular complexity index is 409. The lowest BCUT2D eigenvalue weighted by atomic mass is 10.2. The molecule has 1 N–H and O–H groups in total. The van der Waals surface area contributed by atoms with Gasteiger partial charge in [0.25, 0.3) is 0 Å². The Kier molecular flexibility index (Phi) is 3.46. The lowest BCUT2D eigenvalue weighted by Crippen LogP contribution is -2.41. The van der Waals surface area contributed by atoms with E-state index in [4.69, 9.17) is 4.74 Å². The van der Waals surface area contributed by atoms with Crippen molar-refractivity contribution in [3.63, 3.8) is 0 Å². The summed E-state index contributed by atoms with van der Waals surface area (Å²) in [6.07, 6.45) is 0. The Hall–Kier alpha value is -1.07. The summed E-state index contributed by atoms with van der Waals surface area (Å²) < 4.78 is 5.98. The molecule has 1 aromatic rings. The van der Waals surface area contributed by atoms with E-state index < -0.39 is 0 Å². The Labute approximate surface area is 103 Å². The van der Waals surface area contributed by atoms with Crippen LogP contribution in [0, 0.1) is 0 Å². The third-order valence-corrected chi connectivity index (χ3v) is 2.99. The largest absolute Gasteiger partial charge is 0.383 e. The molecule has 0 bridgehead atoms. The van der Waals surface area contributed by atoms with Gasteiger partial charge >= 0.3 is 0 Å². The minimum Gasteiger partial charge on any atom is -0.383 e. The van der Waals surface area contributed by atoms with Gasteiger partial charge in [0.2, 0.25) is 5.91 Å². The molecule has 1 aliphatic heterocycles. The van der Waals surface area contributed by atoms with E-state index in [1.54, 1.807) is 12.0 Å². The van der Waals surface area contributed by atoms with Crippen molar-refractivity contribution in [1.82, 2.24) is 0 Å². The second kappa shape index (κ2) is 4.84. The van der Waals surface area contributed by atoms with E-state index in [1.807, 2.05) is 18.2 Å². The van der Waals surface area contributed by atoms with Gasteiger partial charge in [0.05, 0.1) is 24.5 Å². The Morgan fingerprint density at radius 1 is 1.56 bits per heavy atom. The first kappa shape index (κ1) is 11.4. The predicted molar refractivity (Wildman–Crippen MR) is 66.9 cm³/mol. The predicted octanol–water partition coefficient (Wildman–Crippen LogP) is 1.85. The zero-order valence-corrected chi connectivity index (χ0v) is 10.6. The topological polar surface area (TPSA) is 41.6 Å². The molecule has 5 heteroatoms. The molecule has 0 atom stereocenters. The van der Waals surface area contributed by atoms with E-state index in [0.717, 1.165) is 15.8 Å². The lowest BCUT2D eigenvalue weighted by molar-refractivity contribution is -0.117. The molecular weight excluding hydrogens is 272 g/mol. The highest BCUT2D eigenvalue weighted by atomic mass is 79.9. The van der Waals surface area contributed by atoms with Crippen LogP contribution in [0.3, 0.4) is 0 Å². The second-order valence-corrected chi connectivity index (χ2v) is 4.47. The van der Waals surface area contributed by atoms with Crippen LogP contribution in [0.2, 0.25) is 0 Å². The van der Waals surface area contributed by atoms with Gasteiger partial charge in [0, 0.05) is 18.1 Å². The summed E-state index contributed by atoms with van der Waals surface area (Å²) >= 11 is 3.41. The molecule has 0 saturated heterocycles. The monoisotopic (exact) mass is 284 g/mol. The Morgan fingerprint density at radius 2 is 2.38 bits per heavy atom.